The second kappa shape index (κ2) is 30.6. The van der Waals surface area contributed by atoms with Crippen molar-refractivity contribution < 1.29 is 98.4 Å². The van der Waals surface area contributed by atoms with Gasteiger partial charge in [0.05, 0.1) is 38.1 Å². The molecule has 2 heterocycles. The third kappa shape index (κ3) is 22.0. The molecule has 0 radical (unpaired) electrons. The van der Waals surface area contributed by atoms with Gasteiger partial charge in [0.1, 0.15) is 0 Å². The summed E-state index contributed by atoms with van der Waals surface area (Å²) < 4.78 is 0. The normalized spacial score (nSPS) is 18.4. The SMILES string of the molecule is CSCC[C@H](NC(=O)Nc1ccc(CNC(=O)CN2CCN(CC(=O)O)CCN(CC(=O)O)CCN(CC(=O)O)CC2)cc1)C(=O)C[C@H](C(=O)NCCN1C(=O)CC(C)C1=O)[C@H](C)N(C)C.[Gd]. The van der Waals surface area contributed by atoms with Gasteiger partial charge in [-0.2, -0.15) is 11.8 Å². The van der Waals surface area contributed by atoms with E-state index in [1.54, 1.807) is 60.0 Å². The Morgan fingerprint density at radius 2 is 1.27 bits per heavy atom. The number of nitrogens with one attached hydrogen (secondary N) is 4. The Morgan fingerprint density at radius 1 is 0.776 bits per heavy atom. The first-order valence-electron chi connectivity index (χ1n) is 22.0. The maximum atomic E-state index is 13.8. The van der Waals surface area contributed by atoms with Gasteiger partial charge in [0, 0.05) is 142 Å². The fourth-order valence-electron chi connectivity index (χ4n) is 7.53. The molecule has 0 aromatic heterocycles. The Kier molecular flexibility index (Phi) is 27.0. The summed E-state index contributed by atoms with van der Waals surface area (Å²) in [6, 6.07) is 4.83. The molecule has 0 aliphatic carbocycles. The van der Waals surface area contributed by atoms with Gasteiger partial charge in [0.2, 0.25) is 23.6 Å². The van der Waals surface area contributed by atoms with Crippen molar-refractivity contribution in [3.63, 3.8) is 0 Å². The number of likely N-dealkylation sites (tertiary alicyclic amines) is 1. The number of carboxylic acid groups (broad SMARTS) is 3. The first kappa shape index (κ1) is 59.2. The Balaban J connectivity index is 0.0000154. The number of ketones is 1. The Bertz CT molecular complexity index is 1820. The number of nitrogens with zero attached hydrogens (tertiary/aromatic N) is 6. The number of hydrogen-bond acceptors (Lipinski definition) is 15. The number of benzene rings is 1. The summed E-state index contributed by atoms with van der Waals surface area (Å²) in [5, 5.41) is 39.5. The van der Waals surface area contributed by atoms with Gasteiger partial charge in [-0.15, -0.1) is 0 Å². The van der Waals surface area contributed by atoms with Crippen LogP contribution in [0.15, 0.2) is 24.3 Å². The first-order chi connectivity index (χ1) is 31.3. The van der Waals surface area contributed by atoms with Crippen LogP contribution in [0.25, 0.3) is 0 Å². The van der Waals surface area contributed by atoms with E-state index < -0.39 is 47.7 Å². The molecule has 0 saturated carbocycles. The quantitative estimate of drug-likeness (QED) is 0.0615. The molecule has 0 bridgehead atoms. The van der Waals surface area contributed by atoms with Gasteiger partial charge in [-0.05, 0) is 57.1 Å². The zero-order valence-electron chi connectivity index (χ0n) is 39.0. The number of aliphatic carboxylic acids is 3. The standard InChI is InChI=1S/C43H68N10O12S.Gd/c1-29-22-37(56)53(42(29)64)12-11-44-41(63)33(30(2)48(3)4)23-35(54)34(10-21-66-5)47-43(65)46-32-8-6-31(7-9-32)24-45-36(55)25-49-13-15-50(26-38(57)58)17-19-52(28-40(61)62)20-18-51(16-14-49)27-39(59)60;/h6-9,29-30,33-34H,10-28H2,1-5H3,(H,44,63)(H,45,55)(H,57,58)(H,59,60)(H,61,62)(H2,46,47,65);/t29?,30-,33-,34-;/m0./s1. The fourth-order valence-corrected chi connectivity index (χ4v) is 8.00. The van der Waals surface area contributed by atoms with E-state index in [0.29, 0.717) is 31.0 Å². The summed E-state index contributed by atoms with van der Waals surface area (Å²) in [7, 11) is 3.58. The molecule has 0 spiro atoms. The average Bonchev–Trinajstić information content (AvgIpc) is 3.49. The van der Waals surface area contributed by atoms with Crippen molar-refractivity contribution in [2.45, 2.75) is 51.7 Å². The summed E-state index contributed by atoms with van der Waals surface area (Å²) in [6.45, 7) is 5.03. The van der Waals surface area contributed by atoms with E-state index in [-0.39, 0.29) is 167 Å². The maximum absolute atomic E-state index is 13.8. The number of Topliss-reactive ketones (excluding diaryl/α,β-unsaturated/α-hetero) is 1. The Morgan fingerprint density at radius 3 is 1.70 bits per heavy atom. The maximum Gasteiger partial charge on any atom is 0.319 e. The van der Waals surface area contributed by atoms with Crippen LogP contribution in [0.5, 0.6) is 0 Å². The van der Waals surface area contributed by atoms with Gasteiger partial charge >= 0.3 is 23.9 Å². The third-order valence-corrected chi connectivity index (χ3v) is 12.3. The predicted molar refractivity (Wildman–Crippen MR) is 246 cm³/mol. The smallest absolute Gasteiger partial charge is 0.319 e. The minimum absolute atomic E-state index is 0. The molecule has 24 heteroatoms. The molecule has 22 nitrogen and oxygen atoms in total. The number of imide groups is 1. The number of rotatable bonds is 24. The Labute approximate surface area is 428 Å². The molecular formula is C43H68GdN10O12S. The molecule has 3 rings (SSSR count). The first-order valence-corrected chi connectivity index (χ1v) is 23.4. The van der Waals surface area contributed by atoms with E-state index in [4.69, 9.17) is 0 Å². The molecule has 4 atom stereocenters. The molecule has 2 aliphatic rings. The summed E-state index contributed by atoms with van der Waals surface area (Å²) in [4.78, 5) is 123. The van der Waals surface area contributed by atoms with Crippen LogP contribution in [0.3, 0.4) is 0 Å². The molecule has 1 aromatic carbocycles. The minimum atomic E-state index is -1.05. The monoisotopic (exact) mass is 1110 g/mol. The summed E-state index contributed by atoms with van der Waals surface area (Å²) in [6.07, 6.45) is 2.17. The summed E-state index contributed by atoms with van der Waals surface area (Å²) in [5.41, 5.74) is 1.14. The molecule has 2 saturated heterocycles. The van der Waals surface area contributed by atoms with E-state index in [1.165, 1.54) is 11.8 Å². The van der Waals surface area contributed by atoms with E-state index in [9.17, 15) is 58.5 Å². The molecule has 2 aliphatic heterocycles. The van der Waals surface area contributed by atoms with Crippen molar-refractivity contribution >= 4 is 70.8 Å². The van der Waals surface area contributed by atoms with E-state index >= 15 is 0 Å². The number of amides is 6. The molecular weight excluding hydrogens is 1040 g/mol. The van der Waals surface area contributed by atoms with Crippen molar-refractivity contribution in [2.24, 2.45) is 11.8 Å². The van der Waals surface area contributed by atoms with Gasteiger partial charge in [0.25, 0.3) is 0 Å². The molecule has 7 N–H and O–H groups in total. The van der Waals surface area contributed by atoms with Gasteiger partial charge in [0.15, 0.2) is 5.78 Å². The van der Waals surface area contributed by atoms with Crippen LogP contribution < -0.4 is 21.3 Å². The topological polar surface area (TPSA) is 282 Å². The second-order valence-electron chi connectivity index (χ2n) is 17.0. The summed E-state index contributed by atoms with van der Waals surface area (Å²) >= 11 is 1.50. The number of carbonyl (C=O) groups excluding carboxylic acids is 6. The Hall–Kier alpha value is -3.88. The zero-order valence-corrected chi connectivity index (χ0v) is 42.1. The predicted octanol–water partition coefficient (Wildman–Crippen LogP) is -0.942. The largest absolute Gasteiger partial charge is 0.480 e. The molecule has 67 heavy (non-hydrogen) atoms. The van der Waals surface area contributed by atoms with Crippen LogP contribution in [0.4, 0.5) is 10.5 Å². The molecule has 6 amide bonds. The van der Waals surface area contributed by atoms with Crippen molar-refractivity contribution in [2.75, 3.05) is 123 Å². The number of urea groups is 1. The minimum Gasteiger partial charge on any atom is -0.480 e. The fraction of sp³-hybridized carbons (Fsp3) is 0.651. The van der Waals surface area contributed by atoms with E-state index in [0.717, 1.165) is 10.5 Å². The van der Waals surface area contributed by atoms with Crippen LogP contribution in [0.2, 0.25) is 0 Å². The number of carbonyl (C=O) groups is 9. The number of thioether (sulfide) groups is 1. The van der Waals surface area contributed by atoms with Gasteiger partial charge in [-0.25, -0.2) is 4.79 Å². The number of carboxylic acids is 3. The number of hydrogen-bond donors (Lipinski definition) is 7. The van der Waals surface area contributed by atoms with Gasteiger partial charge < -0.3 is 41.5 Å². The van der Waals surface area contributed by atoms with Crippen LogP contribution in [-0.2, 0) is 44.9 Å². The van der Waals surface area contributed by atoms with Crippen LogP contribution in [-0.4, -0.2) is 228 Å². The van der Waals surface area contributed by atoms with Crippen molar-refractivity contribution in [3.8, 4) is 0 Å². The van der Waals surface area contributed by atoms with Crippen LogP contribution in [0, 0.1) is 51.8 Å². The van der Waals surface area contributed by atoms with E-state index in [2.05, 4.69) is 21.3 Å². The van der Waals surface area contributed by atoms with Gasteiger partial charge in [-0.1, -0.05) is 19.1 Å². The van der Waals surface area contributed by atoms with Crippen molar-refractivity contribution in [1.29, 1.82) is 0 Å². The average molecular weight is 1110 g/mol. The van der Waals surface area contributed by atoms with Gasteiger partial charge in [-0.3, -0.25) is 62.9 Å². The molecule has 2 fully saturated rings. The van der Waals surface area contributed by atoms with Crippen LogP contribution >= 0.6 is 11.8 Å². The van der Waals surface area contributed by atoms with Crippen LogP contribution in [0.1, 0.15) is 38.7 Å². The number of anilines is 1. The molecule has 1 unspecified atom stereocenters. The second-order valence-corrected chi connectivity index (χ2v) is 17.9. The molecule has 376 valence electrons. The zero-order chi connectivity index (χ0) is 48.9. The van der Waals surface area contributed by atoms with Crippen molar-refractivity contribution in [1.82, 2.24) is 45.3 Å². The summed E-state index contributed by atoms with van der Waals surface area (Å²) in [5.74, 6) is -5.38. The molecule has 1 aromatic rings. The van der Waals surface area contributed by atoms with E-state index in [1.807, 2.05) is 23.0 Å². The third-order valence-electron chi connectivity index (χ3n) is 11.6. The van der Waals surface area contributed by atoms with Crippen molar-refractivity contribution in [3.05, 3.63) is 29.8 Å².